The maximum Gasteiger partial charge on any atom is 0.0417 e. The molecule has 1 saturated carbocycles. The van der Waals surface area contributed by atoms with Gasteiger partial charge < -0.3 is 5.41 Å². The zero-order valence-electron chi connectivity index (χ0n) is 6.68. The number of hydrogen-bond acceptors (Lipinski definition) is 1. The highest BCUT2D eigenvalue weighted by Crippen LogP contribution is 2.32. The van der Waals surface area contributed by atoms with Crippen LogP contribution >= 0.6 is 15.9 Å². The molecule has 1 aliphatic rings. The molecule has 0 radical (unpaired) electrons. The van der Waals surface area contributed by atoms with Crippen molar-refractivity contribution in [2.75, 3.05) is 0 Å². The van der Waals surface area contributed by atoms with Crippen molar-refractivity contribution in [3.8, 4) is 0 Å². The minimum Gasteiger partial charge on any atom is -0.304 e. The number of hydrogen-bond donors (Lipinski definition) is 1. The summed E-state index contributed by atoms with van der Waals surface area (Å²) >= 11 is 3.40. The zero-order chi connectivity index (χ0) is 8.55. The number of rotatable bonds is 2. The maximum absolute atomic E-state index is 7.82. The van der Waals surface area contributed by atoms with Crippen LogP contribution in [0, 0.1) is 11.3 Å². The summed E-state index contributed by atoms with van der Waals surface area (Å²) in [4.78, 5) is 0. The molecule has 0 atom stereocenters. The molecule has 1 fully saturated rings. The third-order valence-corrected chi connectivity index (χ3v) is 2.61. The van der Waals surface area contributed by atoms with Crippen LogP contribution in [0.1, 0.15) is 18.4 Å². The van der Waals surface area contributed by atoms with Crippen molar-refractivity contribution in [2.45, 2.75) is 12.8 Å². The molecule has 0 aliphatic heterocycles. The van der Waals surface area contributed by atoms with Crippen LogP contribution in [-0.4, -0.2) is 5.71 Å². The summed E-state index contributed by atoms with van der Waals surface area (Å²) < 4.78 is 1.06. The molecule has 0 spiro atoms. The standard InChI is InChI=1S/C10H10BrN/c11-9-3-1-2-8(6-9)10(12)7-4-5-7/h1-3,6-7,12H,4-5H2. The second-order valence-corrected chi connectivity index (χ2v) is 4.11. The van der Waals surface area contributed by atoms with Gasteiger partial charge in [0.25, 0.3) is 0 Å². The fraction of sp³-hybridized carbons (Fsp3) is 0.300. The summed E-state index contributed by atoms with van der Waals surface area (Å²) in [6.45, 7) is 0. The van der Waals surface area contributed by atoms with Crippen LogP contribution in [0.5, 0.6) is 0 Å². The van der Waals surface area contributed by atoms with Crippen molar-refractivity contribution in [3.63, 3.8) is 0 Å². The average Bonchev–Trinajstić information content (AvgIpc) is 2.85. The van der Waals surface area contributed by atoms with Crippen LogP contribution in [0.3, 0.4) is 0 Å². The first-order valence-corrected chi connectivity index (χ1v) is 4.91. The Hall–Kier alpha value is -0.630. The van der Waals surface area contributed by atoms with E-state index in [1.165, 1.54) is 12.8 Å². The molecular formula is C10H10BrN. The fourth-order valence-electron chi connectivity index (χ4n) is 1.26. The van der Waals surface area contributed by atoms with Crippen LogP contribution < -0.4 is 0 Å². The van der Waals surface area contributed by atoms with Crippen molar-refractivity contribution in [2.24, 2.45) is 5.92 Å². The monoisotopic (exact) mass is 223 g/mol. The predicted molar refractivity (Wildman–Crippen MR) is 53.7 cm³/mol. The number of benzene rings is 1. The molecule has 1 nitrogen and oxygen atoms in total. The van der Waals surface area contributed by atoms with Crippen LogP contribution in [0.15, 0.2) is 28.7 Å². The van der Waals surface area contributed by atoms with Gasteiger partial charge in [-0.1, -0.05) is 28.1 Å². The van der Waals surface area contributed by atoms with E-state index in [1.807, 2.05) is 24.3 Å². The minimum absolute atomic E-state index is 0.541. The molecule has 12 heavy (non-hydrogen) atoms. The molecule has 1 N–H and O–H groups in total. The van der Waals surface area contributed by atoms with Gasteiger partial charge in [0.15, 0.2) is 0 Å². The van der Waals surface area contributed by atoms with Gasteiger partial charge in [-0.15, -0.1) is 0 Å². The highest BCUT2D eigenvalue weighted by molar-refractivity contribution is 9.10. The number of halogens is 1. The van der Waals surface area contributed by atoms with Crippen molar-refractivity contribution >= 4 is 21.6 Å². The van der Waals surface area contributed by atoms with E-state index in [9.17, 15) is 0 Å². The van der Waals surface area contributed by atoms with Crippen molar-refractivity contribution in [3.05, 3.63) is 34.3 Å². The van der Waals surface area contributed by atoms with E-state index in [1.54, 1.807) is 0 Å². The van der Waals surface area contributed by atoms with E-state index in [2.05, 4.69) is 15.9 Å². The Kier molecular flexibility index (Phi) is 2.01. The quantitative estimate of drug-likeness (QED) is 0.745. The Morgan fingerprint density at radius 3 is 2.75 bits per heavy atom. The van der Waals surface area contributed by atoms with E-state index >= 15 is 0 Å². The van der Waals surface area contributed by atoms with E-state index in [-0.39, 0.29) is 0 Å². The van der Waals surface area contributed by atoms with Gasteiger partial charge in [0.1, 0.15) is 0 Å². The van der Waals surface area contributed by atoms with Crippen LogP contribution in [-0.2, 0) is 0 Å². The highest BCUT2D eigenvalue weighted by atomic mass is 79.9. The summed E-state index contributed by atoms with van der Waals surface area (Å²) in [6.07, 6.45) is 2.40. The molecule has 1 aromatic rings. The van der Waals surface area contributed by atoms with Gasteiger partial charge >= 0.3 is 0 Å². The van der Waals surface area contributed by atoms with Crippen molar-refractivity contribution in [1.29, 1.82) is 5.41 Å². The summed E-state index contributed by atoms with van der Waals surface area (Å²) in [5, 5.41) is 7.82. The van der Waals surface area contributed by atoms with Gasteiger partial charge in [0.05, 0.1) is 0 Å². The lowest BCUT2D eigenvalue weighted by Crippen LogP contribution is -2.00. The molecule has 0 heterocycles. The molecule has 1 aromatic carbocycles. The summed E-state index contributed by atoms with van der Waals surface area (Å²) in [6, 6.07) is 7.99. The Balaban J connectivity index is 2.26. The summed E-state index contributed by atoms with van der Waals surface area (Å²) in [5.41, 5.74) is 1.86. The molecule has 2 rings (SSSR count). The molecule has 2 heteroatoms. The van der Waals surface area contributed by atoms with E-state index in [4.69, 9.17) is 5.41 Å². The SMILES string of the molecule is N=C(c1cccc(Br)c1)C1CC1. The lowest BCUT2D eigenvalue weighted by Gasteiger charge is -2.01. The largest absolute Gasteiger partial charge is 0.304 e. The van der Waals surface area contributed by atoms with Crippen LogP contribution in [0.2, 0.25) is 0 Å². The van der Waals surface area contributed by atoms with Gasteiger partial charge in [-0.25, -0.2) is 0 Å². The Bertz CT molecular complexity index is 315. The highest BCUT2D eigenvalue weighted by Gasteiger charge is 2.26. The summed E-state index contributed by atoms with van der Waals surface area (Å²) in [5.74, 6) is 0.541. The van der Waals surface area contributed by atoms with Crippen LogP contribution in [0.4, 0.5) is 0 Å². The van der Waals surface area contributed by atoms with Gasteiger partial charge in [-0.2, -0.15) is 0 Å². The van der Waals surface area contributed by atoms with Crippen molar-refractivity contribution < 1.29 is 0 Å². The Labute approximate surface area is 80.4 Å². The first-order chi connectivity index (χ1) is 5.77. The Morgan fingerprint density at radius 1 is 1.42 bits per heavy atom. The molecule has 62 valence electrons. The fourth-order valence-corrected chi connectivity index (χ4v) is 1.66. The van der Waals surface area contributed by atoms with Gasteiger partial charge in [-0.3, -0.25) is 0 Å². The third kappa shape index (κ3) is 1.58. The molecule has 0 saturated heterocycles. The first-order valence-electron chi connectivity index (χ1n) is 4.12. The Morgan fingerprint density at radius 2 is 2.17 bits per heavy atom. The second-order valence-electron chi connectivity index (χ2n) is 3.20. The maximum atomic E-state index is 7.82. The lowest BCUT2D eigenvalue weighted by atomic mass is 10.1. The molecule has 0 bridgehead atoms. The third-order valence-electron chi connectivity index (χ3n) is 2.12. The lowest BCUT2D eigenvalue weighted by molar-refractivity contribution is 1.16. The molecule has 0 amide bonds. The van der Waals surface area contributed by atoms with Gasteiger partial charge in [0, 0.05) is 16.1 Å². The average molecular weight is 224 g/mol. The van der Waals surface area contributed by atoms with E-state index in [0.717, 1.165) is 15.7 Å². The normalized spacial score (nSPS) is 16.1. The minimum atomic E-state index is 0.541. The first kappa shape index (κ1) is 7.99. The molecular weight excluding hydrogens is 214 g/mol. The predicted octanol–water partition coefficient (Wildman–Crippen LogP) is 3.23. The summed E-state index contributed by atoms with van der Waals surface area (Å²) in [7, 11) is 0. The van der Waals surface area contributed by atoms with Crippen LogP contribution in [0.25, 0.3) is 0 Å². The van der Waals surface area contributed by atoms with E-state index < -0.39 is 0 Å². The molecule has 0 aromatic heterocycles. The van der Waals surface area contributed by atoms with Crippen molar-refractivity contribution in [1.82, 2.24) is 0 Å². The smallest absolute Gasteiger partial charge is 0.0417 e. The number of nitrogens with one attached hydrogen (secondary N) is 1. The zero-order valence-corrected chi connectivity index (χ0v) is 8.26. The van der Waals surface area contributed by atoms with Gasteiger partial charge in [-0.05, 0) is 30.5 Å². The van der Waals surface area contributed by atoms with Gasteiger partial charge in [0.2, 0.25) is 0 Å². The van der Waals surface area contributed by atoms with E-state index in [0.29, 0.717) is 5.92 Å². The topological polar surface area (TPSA) is 23.9 Å². The second kappa shape index (κ2) is 3.02. The molecule has 1 aliphatic carbocycles. The molecule has 0 unspecified atom stereocenters.